The third-order valence-corrected chi connectivity index (χ3v) is 17.5. The van der Waals surface area contributed by atoms with Crippen molar-refractivity contribution in [1.29, 1.82) is 0 Å². The van der Waals surface area contributed by atoms with Crippen LogP contribution in [0, 0.1) is 5.92 Å². The number of rotatable bonds is 5. The summed E-state index contributed by atoms with van der Waals surface area (Å²) < 4.78 is 9.34. The standard InChI is InChI=1S/C71H50N2O/c1-43-39-52-49-23-7-12-26-55(49)70(2,3)60(52)42-65(43)73(63-32-17-30-59-68(63)51-25-10-15-29-58(51)71(59)56-27-13-8-21-47(56)48-22-9-14-28-57(48)71)64-33-18-34-67-69(64)54-41-45(36-38-66(54)74-67)44-35-37-62-53(40-44)50-24-11-16-31-61(50)72(62)46-19-5-4-6-20-46/h4-38,40-43H,39H2,1-3H3. The lowest BCUT2D eigenvalue weighted by Crippen LogP contribution is -2.27. The maximum Gasteiger partial charge on any atom is 0.137 e. The van der Waals surface area contributed by atoms with Gasteiger partial charge < -0.3 is 13.9 Å². The second-order valence-electron chi connectivity index (χ2n) is 21.5. The predicted molar refractivity (Wildman–Crippen MR) is 307 cm³/mol. The van der Waals surface area contributed by atoms with Crippen molar-refractivity contribution in [3.63, 3.8) is 0 Å². The van der Waals surface area contributed by atoms with Crippen molar-refractivity contribution in [3.8, 4) is 39.1 Å². The summed E-state index contributed by atoms with van der Waals surface area (Å²) in [5.74, 6) is 0.193. The number of nitrogens with zero attached hydrogens (tertiary/aromatic N) is 2. The van der Waals surface area contributed by atoms with Gasteiger partial charge in [-0.1, -0.05) is 185 Å². The Morgan fingerprint density at radius 2 is 1.05 bits per heavy atom. The third-order valence-electron chi connectivity index (χ3n) is 17.5. The average molecular weight is 947 g/mol. The van der Waals surface area contributed by atoms with Gasteiger partial charge in [0, 0.05) is 44.4 Å². The molecule has 1 spiro atoms. The highest BCUT2D eigenvalue weighted by molar-refractivity contribution is 6.15. The van der Waals surface area contributed by atoms with Gasteiger partial charge in [-0.3, -0.25) is 0 Å². The minimum atomic E-state index is -0.476. The summed E-state index contributed by atoms with van der Waals surface area (Å²) in [6.07, 6.45) is 3.52. The lowest BCUT2D eigenvalue weighted by molar-refractivity contribution is 0.627. The lowest BCUT2D eigenvalue weighted by Gasteiger charge is -2.37. The molecule has 1 atom stereocenters. The molecule has 3 nitrogen and oxygen atoms in total. The fourth-order valence-electron chi connectivity index (χ4n) is 14.3. The number of aromatic nitrogens is 1. The number of para-hydroxylation sites is 2. The van der Waals surface area contributed by atoms with E-state index in [2.05, 4.69) is 261 Å². The first kappa shape index (κ1) is 41.7. The monoisotopic (exact) mass is 946 g/mol. The molecular weight excluding hydrogens is 897 g/mol. The molecule has 4 aliphatic carbocycles. The Morgan fingerprint density at radius 1 is 0.473 bits per heavy atom. The van der Waals surface area contributed by atoms with E-state index in [9.17, 15) is 0 Å². The molecule has 0 bridgehead atoms. The number of allylic oxidation sites excluding steroid dienone is 4. The zero-order valence-corrected chi connectivity index (χ0v) is 41.5. The molecule has 2 aromatic heterocycles. The van der Waals surface area contributed by atoms with Crippen molar-refractivity contribution in [1.82, 2.24) is 4.57 Å². The highest BCUT2D eigenvalue weighted by Crippen LogP contribution is 2.65. The minimum absolute atomic E-state index is 0.159. The van der Waals surface area contributed by atoms with Gasteiger partial charge >= 0.3 is 0 Å². The van der Waals surface area contributed by atoms with Crippen LogP contribution in [0.5, 0.6) is 0 Å². The fraction of sp³-hybridized carbons (Fsp3) is 0.0986. The van der Waals surface area contributed by atoms with E-state index in [0.29, 0.717) is 0 Å². The Morgan fingerprint density at radius 3 is 1.82 bits per heavy atom. The number of fused-ring (bicyclic) bond motifs is 18. The normalized spacial score (nSPS) is 16.4. The Bertz CT molecular complexity index is 4410. The summed E-state index contributed by atoms with van der Waals surface area (Å²) in [5, 5.41) is 4.69. The molecule has 350 valence electrons. The van der Waals surface area contributed by atoms with E-state index < -0.39 is 5.41 Å². The van der Waals surface area contributed by atoms with Crippen LogP contribution in [-0.4, -0.2) is 4.57 Å². The molecule has 0 amide bonds. The largest absolute Gasteiger partial charge is 0.456 e. The van der Waals surface area contributed by atoms with E-state index in [1.807, 2.05) is 0 Å². The van der Waals surface area contributed by atoms with Gasteiger partial charge in [-0.25, -0.2) is 0 Å². The number of benzene rings is 10. The van der Waals surface area contributed by atoms with E-state index in [1.54, 1.807) is 0 Å². The van der Waals surface area contributed by atoms with Gasteiger partial charge in [0.1, 0.15) is 11.2 Å². The molecule has 1 unspecified atom stereocenters. The molecule has 74 heavy (non-hydrogen) atoms. The highest BCUT2D eigenvalue weighted by atomic mass is 16.3. The molecule has 4 aliphatic rings. The second-order valence-corrected chi connectivity index (χ2v) is 21.5. The van der Waals surface area contributed by atoms with E-state index in [-0.39, 0.29) is 11.3 Å². The smallest absolute Gasteiger partial charge is 0.137 e. The number of anilines is 2. The summed E-state index contributed by atoms with van der Waals surface area (Å²) >= 11 is 0. The van der Waals surface area contributed by atoms with Crippen molar-refractivity contribution in [3.05, 3.63) is 275 Å². The summed E-state index contributed by atoms with van der Waals surface area (Å²) in [5.41, 5.74) is 26.8. The Balaban J connectivity index is 0.955. The molecule has 0 radical (unpaired) electrons. The molecule has 3 heteroatoms. The topological polar surface area (TPSA) is 21.3 Å². The first-order valence-corrected chi connectivity index (χ1v) is 26.2. The van der Waals surface area contributed by atoms with E-state index in [4.69, 9.17) is 4.42 Å². The maximum absolute atomic E-state index is 6.95. The third kappa shape index (κ3) is 5.40. The van der Waals surface area contributed by atoms with Gasteiger partial charge in [0.25, 0.3) is 0 Å². The lowest BCUT2D eigenvalue weighted by atomic mass is 9.70. The zero-order chi connectivity index (χ0) is 49.0. The van der Waals surface area contributed by atoms with Gasteiger partial charge in [-0.15, -0.1) is 0 Å². The van der Waals surface area contributed by atoms with Crippen LogP contribution in [0.2, 0.25) is 0 Å². The number of furan rings is 1. The highest BCUT2D eigenvalue weighted by Gasteiger charge is 2.53. The van der Waals surface area contributed by atoms with Crippen LogP contribution in [0.3, 0.4) is 0 Å². The van der Waals surface area contributed by atoms with Crippen molar-refractivity contribution in [2.75, 3.05) is 4.90 Å². The summed E-state index contributed by atoms with van der Waals surface area (Å²) in [4.78, 5) is 2.66. The Labute approximate surface area is 430 Å². The molecule has 0 N–H and O–H groups in total. The molecule has 12 aromatic rings. The SMILES string of the molecule is CC1CC2=C(C=C1N(c1cccc3c1-c1ccccc1C31c3ccccc3-c3ccccc31)c1cccc3oc4ccc(-c5ccc6c(c5)c5ccccc5n6-c5ccccc5)cc4c13)C(C)(C)c1ccccc12. The van der Waals surface area contributed by atoms with Gasteiger partial charge in [-0.05, 0) is 146 Å². The van der Waals surface area contributed by atoms with Crippen LogP contribution < -0.4 is 4.90 Å². The molecule has 0 saturated heterocycles. The fourth-order valence-corrected chi connectivity index (χ4v) is 14.3. The molecule has 2 heterocycles. The van der Waals surface area contributed by atoms with Crippen molar-refractivity contribution in [2.24, 2.45) is 5.92 Å². The second kappa shape index (κ2) is 15.1. The van der Waals surface area contributed by atoms with Gasteiger partial charge in [0.05, 0.1) is 33.2 Å². The Hall–Kier alpha value is -8.92. The average Bonchev–Trinajstić information content (AvgIpc) is 4.24. The first-order chi connectivity index (χ1) is 36.4. The molecular formula is C71H50N2O. The maximum atomic E-state index is 6.95. The van der Waals surface area contributed by atoms with E-state index in [1.165, 1.54) is 106 Å². The minimum Gasteiger partial charge on any atom is -0.456 e. The number of hydrogen-bond donors (Lipinski definition) is 0. The Kier molecular flexibility index (Phi) is 8.49. The summed E-state index contributed by atoms with van der Waals surface area (Å²) in [6, 6.07) is 83.7. The quantitative estimate of drug-likeness (QED) is 0.171. The van der Waals surface area contributed by atoms with Crippen LogP contribution in [-0.2, 0) is 10.8 Å². The molecule has 0 aliphatic heterocycles. The molecule has 0 saturated carbocycles. The van der Waals surface area contributed by atoms with E-state index >= 15 is 0 Å². The van der Waals surface area contributed by atoms with Crippen LogP contribution in [0.15, 0.2) is 246 Å². The first-order valence-electron chi connectivity index (χ1n) is 26.2. The molecule has 10 aromatic carbocycles. The van der Waals surface area contributed by atoms with Crippen LogP contribution in [0.1, 0.15) is 60.6 Å². The molecule has 0 fully saturated rings. The molecule has 16 rings (SSSR count). The van der Waals surface area contributed by atoms with Crippen LogP contribution >= 0.6 is 0 Å². The predicted octanol–water partition coefficient (Wildman–Crippen LogP) is 18.5. The van der Waals surface area contributed by atoms with Gasteiger partial charge in [-0.2, -0.15) is 0 Å². The van der Waals surface area contributed by atoms with Gasteiger partial charge in [0.2, 0.25) is 0 Å². The van der Waals surface area contributed by atoms with Crippen LogP contribution in [0.25, 0.3) is 88.4 Å². The van der Waals surface area contributed by atoms with Crippen LogP contribution in [0.4, 0.5) is 11.4 Å². The van der Waals surface area contributed by atoms with Gasteiger partial charge in [0.15, 0.2) is 0 Å². The zero-order valence-electron chi connectivity index (χ0n) is 41.5. The summed E-state index contributed by atoms with van der Waals surface area (Å²) in [6.45, 7) is 7.27. The number of hydrogen-bond acceptors (Lipinski definition) is 2. The van der Waals surface area contributed by atoms with E-state index in [0.717, 1.165) is 45.3 Å². The van der Waals surface area contributed by atoms with Crippen molar-refractivity contribution in [2.45, 2.75) is 38.0 Å². The summed E-state index contributed by atoms with van der Waals surface area (Å²) in [7, 11) is 0. The van der Waals surface area contributed by atoms with Crippen molar-refractivity contribution < 1.29 is 4.42 Å². The van der Waals surface area contributed by atoms with Crippen molar-refractivity contribution >= 4 is 60.7 Å².